The standard InChI is InChI=1S/C14H14ClIN2OS/c1-9-4-3-5-10(6-9)20-8-12-17-11(7-19-2)13(16)14(15)18-12/h3-6H,7-8H2,1-2H3. The molecule has 2 aromatic rings. The molecule has 3 nitrogen and oxygen atoms in total. The molecule has 2 rings (SSSR count). The van der Waals surface area contributed by atoms with Crippen molar-refractivity contribution in [3.05, 3.63) is 50.1 Å². The first-order chi connectivity index (χ1) is 9.60. The fourth-order valence-electron chi connectivity index (χ4n) is 1.66. The van der Waals surface area contributed by atoms with Crippen LogP contribution >= 0.6 is 46.0 Å². The largest absolute Gasteiger partial charge is 0.378 e. The second-order valence-corrected chi connectivity index (χ2v) is 6.72. The summed E-state index contributed by atoms with van der Waals surface area (Å²) in [5.41, 5.74) is 2.09. The number of nitrogens with zero attached hydrogens (tertiary/aromatic N) is 2. The van der Waals surface area contributed by atoms with Crippen LogP contribution in [-0.4, -0.2) is 17.1 Å². The second kappa shape index (κ2) is 7.59. The van der Waals surface area contributed by atoms with Crippen LogP contribution in [0.2, 0.25) is 5.15 Å². The van der Waals surface area contributed by atoms with Gasteiger partial charge in [0.2, 0.25) is 0 Å². The molecule has 106 valence electrons. The topological polar surface area (TPSA) is 35.0 Å². The van der Waals surface area contributed by atoms with Gasteiger partial charge >= 0.3 is 0 Å². The highest BCUT2D eigenvalue weighted by atomic mass is 127. The molecule has 0 saturated carbocycles. The van der Waals surface area contributed by atoms with Crippen molar-refractivity contribution < 1.29 is 4.74 Å². The Hall–Kier alpha value is -0.370. The van der Waals surface area contributed by atoms with Crippen molar-refractivity contribution in [2.45, 2.75) is 24.2 Å². The van der Waals surface area contributed by atoms with Crippen molar-refractivity contribution in [1.82, 2.24) is 9.97 Å². The fourth-order valence-corrected chi connectivity index (χ4v) is 3.13. The molecule has 0 atom stereocenters. The molecule has 0 spiro atoms. The summed E-state index contributed by atoms with van der Waals surface area (Å²) in [5.74, 6) is 1.42. The van der Waals surface area contributed by atoms with E-state index in [9.17, 15) is 0 Å². The zero-order valence-electron chi connectivity index (χ0n) is 11.2. The summed E-state index contributed by atoms with van der Waals surface area (Å²) >= 11 is 9.99. The molecule has 0 radical (unpaired) electrons. The highest BCUT2D eigenvalue weighted by Crippen LogP contribution is 2.25. The number of aryl methyl sites for hydroxylation is 1. The van der Waals surface area contributed by atoms with Gasteiger partial charge in [-0.05, 0) is 41.6 Å². The Labute approximate surface area is 141 Å². The van der Waals surface area contributed by atoms with E-state index in [1.165, 1.54) is 10.5 Å². The van der Waals surface area contributed by atoms with E-state index < -0.39 is 0 Å². The van der Waals surface area contributed by atoms with Crippen LogP contribution in [0.1, 0.15) is 17.1 Å². The van der Waals surface area contributed by atoms with Gasteiger partial charge in [0.15, 0.2) is 0 Å². The van der Waals surface area contributed by atoms with Crippen molar-refractivity contribution in [3.8, 4) is 0 Å². The van der Waals surface area contributed by atoms with Gasteiger partial charge in [-0.3, -0.25) is 0 Å². The molecule has 0 aliphatic heterocycles. The first kappa shape index (κ1) is 16.0. The summed E-state index contributed by atoms with van der Waals surface area (Å²) in [6.45, 7) is 2.53. The lowest BCUT2D eigenvalue weighted by Crippen LogP contribution is -2.03. The molecule has 0 saturated heterocycles. The Morgan fingerprint density at radius 1 is 1.35 bits per heavy atom. The minimum atomic E-state index is 0.447. The summed E-state index contributed by atoms with van der Waals surface area (Å²) in [6.07, 6.45) is 0. The van der Waals surface area contributed by atoms with Gasteiger partial charge in [-0.2, -0.15) is 0 Å². The Balaban J connectivity index is 2.13. The molecule has 0 aliphatic rings. The zero-order valence-corrected chi connectivity index (χ0v) is 14.9. The van der Waals surface area contributed by atoms with E-state index >= 15 is 0 Å². The molecule has 1 aromatic heterocycles. The van der Waals surface area contributed by atoms with Gasteiger partial charge in [0, 0.05) is 12.0 Å². The number of methoxy groups -OCH3 is 1. The third-order valence-electron chi connectivity index (χ3n) is 2.56. The van der Waals surface area contributed by atoms with Crippen LogP contribution in [0.5, 0.6) is 0 Å². The van der Waals surface area contributed by atoms with Crippen molar-refractivity contribution in [1.29, 1.82) is 0 Å². The number of benzene rings is 1. The summed E-state index contributed by atoms with van der Waals surface area (Å²) in [4.78, 5) is 10.0. The number of halogens is 2. The van der Waals surface area contributed by atoms with Crippen LogP contribution in [0, 0.1) is 10.5 Å². The fraction of sp³-hybridized carbons (Fsp3) is 0.286. The lowest BCUT2D eigenvalue weighted by atomic mass is 10.2. The maximum Gasteiger partial charge on any atom is 0.146 e. The lowest BCUT2D eigenvalue weighted by Gasteiger charge is -2.07. The van der Waals surface area contributed by atoms with Gasteiger partial charge in [0.1, 0.15) is 11.0 Å². The SMILES string of the molecule is COCc1nc(CSc2cccc(C)c2)nc(Cl)c1I. The van der Waals surface area contributed by atoms with Crippen molar-refractivity contribution in [3.63, 3.8) is 0 Å². The molecule has 0 unspecified atom stereocenters. The lowest BCUT2D eigenvalue weighted by molar-refractivity contribution is 0.180. The Morgan fingerprint density at radius 3 is 2.85 bits per heavy atom. The van der Waals surface area contributed by atoms with Crippen LogP contribution in [0.15, 0.2) is 29.2 Å². The normalized spacial score (nSPS) is 10.8. The van der Waals surface area contributed by atoms with Crippen LogP contribution in [0.3, 0.4) is 0 Å². The molecule has 6 heteroatoms. The van der Waals surface area contributed by atoms with Gasteiger partial charge in [-0.25, -0.2) is 9.97 Å². The monoisotopic (exact) mass is 420 g/mol. The van der Waals surface area contributed by atoms with E-state index in [-0.39, 0.29) is 0 Å². The zero-order chi connectivity index (χ0) is 14.5. The molecule has 0 aliphatic carbocycles. The third kappa shape index (κ3) is 4.31. The highest BCUT2D eigenvalue weighted by molar-refractivity contribution is 14.1. The van der Waals surface area contributed by atoms with E-state index in [0.717, 1.165) is 15.1 Å². The Bertz CT molecular complexity index is 610. The van der Waals surface area contributed by atoms with Crippen LogP contribution in [-0.2, 0) is 17.1 Å². The second-order valence-electron chi connectivity index (χ2n) is 4.23. The highest BCUT2D eigenvalue weighted by Gasteiger charge is 2.11. The molecule has 0 fully saturated rings. The minimum absolute atomic E-state index is 0.447. The van der Waals surface area contributed by atoms with E-state index in [2.05, 4.69) is 63.7 Å². The number of rotatable bonds is 5. The first-order valence-electron chi connectivity index (χ1n) is 5.99. The van der Waals surface area contributed by atoms with Crippen LogP contribution in [0.4, 0.5) is 0 Å². The average molecular weight is 421 g/mol. The molecule has 1 heterocycles. The third-order valence-corrected chi connectivity index (χ3v) is 5.28. The smallest absolute Gasteiger partial charge is 0.146 e. The molecular formula is C14H14ClIN2OS. The Morgan fingerprint density at radius 2 is 2.15 bits per heavy atom. The summed E-state index contributed by atoms with van der Waals surface area (Å²) < 4.78 is 5.99. The van der Waals surface area contributed by atoms with E-state index in [1.807, 2.05) is 0 Å². The van der Waals surface area contributed by atoms with E-state index in [1.54, 1.807) is 18.9 Å². The maximum atomic E-state index is 6.14. The van der Waals surface area contributed by atoms with Gasteiger partial charge in [-0.1, -0.05) is 29.3 Å². The maximum absolute atomic E-state index is 6.14. The van der Waals surface area contributed by atoms with Crippen LogP contribution < -0.4 is 0 Å². The predicted molar refractivity (Wildman–Crippen MR) is 91.2 cm³/mol. The first-order valence-corrected chi connectivity index (χ1v) is 8.43. The molecule has 0 bridgehead atoms. The number of thioether (sulfide) groups is 1. The molecular weight excluding hydrogens is 407 g/mol. The number of hydrogen-bond acceptors (Lipinski definition) is 4. The van der Waals surface area contributed by atoms with Crippen molar-refractivity contribution in [2.24, 2.45) is 0 Å². The average Bonchev–Trinajstić information content (AvgIpc) is 2.42. The molecule has 20 heavy (non-hydrogen) atoms. The van der Waals surface area contributed by atoms with Crippen LogP contribution in [0.25, 0.3) is 0 Å². The molecule has 0 amide bonds. The van der Waals surface area contributed by atoms with Crippen molar-refractivity contribution in [2.75, 3.05) is 7.11 Å². The summed E-state index contributed by atoms with van der Waals surface area (Å²) in [5, 5.41) is 0.493. The number of hydrogen-bond donors (Lipinski definition) is 0. The molecule has 1 aromatic carbocycles. The van der Waals surface area contributed by atoms with Gasteiger partial charge in [-0.15, -0.1) is 11.8 Å². The van der Waals surface area contributed by atoms with E-state index in [4.69, 9.17) is 16.3 Å². The Kier molecular flexibility index (Phi) is 6.07. The predicted octanol–water partition coefficient (Wildman–Crippen LogP) is 4.48. The van der Waals surface area contributed by atoms with E-state index in [0.29, 0.717) is 17.5 Å². The van der Waals surface area contributed by atoms with Gasteiger partial charge in [0.05, 0.1) is 21.6 Å². The minimum Gasteiger partial charge on any atom is -0.378 e. The van der Waals surface area contributed by atoms with Gasteiger partial charge < -0.3 is 4.74 Å². The quantitative estimate of drug-likeness (QED) is 0.406. The van der Waals surface area contributed by atoms with Gasteiger partial charge in [0.25, 0.3) is 0 Å². The summed E-state index contributed by atoms with van der Waals surface area (Å²) in [7, 11) is 1.65. The summed E-state index contributed by atoms with van der Waals surface area (Å²) in [6, 6.07) is 8.37. The molecule has 0 N–H and O–H groups in total. The van der Waals surface area contributed by atoms with Crippen molar-refractivity contribution >= 4 is 46.0 Å². The number of aromatic nitrogens is 2. The number of ether oxygens (including phenoxy) is 1.